The second-order valence-corrected chi connectivity index (χ2v) is 8.11. The first-order chi connectivity index (χ1) is 12.8. The summed E-state index contributed by atoms with van der Waals surface area (Å²) in [5.74, 6) is 2.92. The van der Waals surface area contributed by atoms with Crippen LogP contribution in [0.4, 0.5) is 11.6 Å². The third-order valence-corrected chi connectivity index (χ3v) is 5.90. The fourth-order valence-electron chi connectivity index (χ4n) is 4.17. The minimum Gasteiger partial charge on any atom is -0.367 e. The Morgan fingerprint density at radius 1 is 1.08 bits per heavy atom. The van der Waals surface area contributed by atoms with Crippen molar-refractivity contribution < 1.29 is 4.79 Å². The van der Waals surface area contributed by atoms with Crippen molar-refractivity contribution >= 4 is 17.5 Å². The quantitative estimate of drug-likeness (QED) is 0.848. The standard InChI is InChI=1S/C20H31N5O/c26-20(24-10-2-1-3-11-24)9-6-16-5-4-12-25(14-16)19-13-18(21-15-22-19)23-17-7-8-17/h13,15-17H,1-12,14H2,(H,21,22,23). The first-order valence-corrected chi connectivity index (χ1v) is 10.4. The molecule has 142 valence electrons. The molecular weight excluding hydrogens is 326 g/mol. The van der Waals surface area contributed by atoms with E-state index in [1.807, 2.05) is 0 Å². The summed E-state index contributed by atoms with van der Waals surface area (Å²) in [6.07, 6.45) is 11.9. The van der Waals surface area contributed by atoms with Gasteiger partial charge >= 0.3 is 0 Å². The largest absolute Gasteiger partial charge is 0.367 e. The number of nitrogens with one attached hydrogen (secondary N) is 1. The van der Waals surface area contributed by atoms with Gasteiger partial charge in [0.05, 0.1) is 0 Å². The number of amides is 1. The van der Waals surface area contributed by atoms with Gasteiger partial charge in [-0.25, -0.2) is 9.97 Å². The van der Waals surface area contributed by atoms with Crippen molar-refractivity contribution in [2.45, 2.75) is 63.8 Å². The lowest BCUT2D eigenvalue weighted by molar-refractivity contribution is -0.132. The van der Waals surface area contributed by atoms with Crippen LogP contribution < -0.4 is 10.2 Å². The molecule has 1 unspecified atom stereocenters. The Morgan fingerprint density at radius 2 is 1.92 bits per heavy atom. The number of rotatable bonds is 6. The second-order valence-electron chi connectivity index (χ2n) is 8.11. The number of hydrogen-bond donors (Lipinski definition) is 1. The Labute approximate surface area is 156 Å². The molecule has 1 aromatic rings. The van der Waals surface area contributed by atoms with Gasteiger partial charge in [0, 0.05) is 44.7 Å². The van der Waals surface area contributed by atoms with Gasteiger partial charge in [0.15, 0.2) is 0 Å². The Hall–Kier alpha value is -1.85. The predicted octanol–water partition coefficient (Wildman–Crippen LogP) is 3.06. The summed E-state index contributed by atoms with van der Waals surface area (Å²) >= 11 is 0. The van der Waals surface area contributed by atoms with E-state index in [4.69, 9.17) is 0 Å². The molecule has 3 heterocycles. The van der Waals surface area contributed by atoms with Crippen LogP contribution >= 0.6 is 0 Å². The van der Waals surface area contributed by atoms with Crippen LogP contribution in [-0.4, -0.2) is 53.0 Å². The molecule has 1 aliphatic carbocycles. The number of carbonyl (C=O) groups is 1. The molecular formula is C20H31N5O. The number of anilines is 2. The van der Waals surface area contributed by atoms with E-state index in [0.717, 1.165) is 44.2 Å². The summed E-state index contributed by atoms with van der Waals surface area (Å²) in [6.45, 7) is 3.99. The maximum Gasteiger partial charge on any atom is 0.222 e. The summed E-state index contributed by atoms with van der Waals surface area (Å²) in [5, 5.41) is 3.46. The molecule has 2 saturated heterocycles. The van der Waals surface area contributed by atoms with Gasteiger partial charge in [-0.15, -0.1) is 0 Å². The lowest BCUT2D eigenvalue weighted by Crippen LogP contribution is -2.38. The third kappa shape index (κ3) is 4.65. The summed E-state index contributed by atoms with van der Waals surface area (Å²) in [7, 11) is 0. The van der Waals surface area contributed by atoms with Gasteiger partial charge in [0.1, 0.15) is 18.0 Å². The van der Waals surface area contributed by atoms with Gasteiger partial charge in [0.2, 0.25) is 5.91 Å². The number of carbonyl (C=O) groups excluding carboxylic acids is 1. The van der Waals surface area contributed by atoms with Gasteiger partial charge in [-0.2, -0.15) is 0 Å². The Balaban J connectivity index is 1.28. The van der Waals surface area contributed by atoms with Crippen LogP contribution in [0.1, 0.15) is 57.8 Å². The molecule has 0 spiro atoms. The van der Waals surface area contributed by atoms with Gasteiger partial charge in [-0.05, 0) is 57.3 Å². The van der Waals surface area contributed by atoms with Crippen molar-refractivity contribution in [2.24, 2.45) is 5.92 Å². The molecule has 1 saturated carbocycles. The molecule has 0 radical (unpaired) electrons. The van der Waals surface area contributed by atoms with Gasteiger partial charge in [-0.3, -0.25) is 4.79 Å². The van der Waals surface area contributed by atoms with E-state index in [1.54, 1.807) is 6.33 Å². The minimum absolute atomic E-state index is 0.361. The Kier molecular flexibility index (Phi) is 5.56. The highest BCUT2D eigenvalue weighted by atomic mass is 16.2. The van der Waals surface area contributed by atoms with E-state index in [2.05, 4.69) is 31.2 Å². The highest BCUT2D eigenvalue weighted by molar-refractivity contribution is 5.76. The lowest BCUT2D eigenvalue weighted by Gasteiger charge is -2.34. The van der Waals surface area contributed by atoms with Crippen LogP contribution in [0.5, 0.6) is 0 Å². The number of nitrogens with zero attached hydrogens (tertiary/aromatic N) is 4. The zero-order valence-electron chi connectivity index (χ0n) is 15.7. The first-order valence-electron chi connectivity index (χ1n) is 10.4. The van der Waals surface area contributed by atoms with Gasteiger partial charge in [-0.1, -0.05) is 0 Å². The molecule has 3 fully saturated rings. The van der Waals surface area contributed by atoms with Crippen LogP contribution in [0.3, 0.4) is 0 Å². The molecule has 1 atom stereocenters. The van der Waals surface area contributed by atoms with E-state index in [1.165, 1.54) is 44.9 Å². The predicted molar refractivity (Wildman–Crippen MR) is 103 cm³/mol. The van der Waals surface area contributed by atoms with Crippen molar-refractivity contribution in [1.82, 2.24) is 14.9 Å². The molecule has 1 amide bonds. The number of aromatic nitrogens is 2. The Bertz CT molecular complexity index is 612. The molecule has 0 bridgehead atoms. The first kappa shape index (κ1) is 17.6. The summed E-state index contributed by atoms with van der Waals surface area (Å²) < 4.78 is 0. The molecule has 4 rings (SSSR count). The summed E-state index contributed by atoms with van der Waals surface area (Å²) in [4.78, 5) is 25.7. The van der Waals surface area contributed by atoms with Crippen LogP contribution in [0.2, 0.25) is 0 Å². The molecule has 1 N–H and O–H groups in total. The zero-order valence-corrected chi connectivity index (χ0v) is 15.7. The third-order valence-electron chi connectivity index (χ3n) is 5.90. The van der Waals surface area contributed by atoms with E-state index in [0.29, 0.717) is 24.3 Å². The molecule has 3 aliphatic rings. The van der Waals surface area contributed by atoms with Crippen molar-refractivity contribution in [1.29, 1.82) is 0 Å². The van der Waals surface area contributed by atoms with Crippen LogP contribution in [0, 0.1) is 5.92 Å². The normalized spacial score (nSPS) is 23.8. The van der Waals surface area contributed by atoms with Gasteiger partial charge in [0.25, 0.3) is 0 Å². The lowest BCUT2D eigenvalue weighted by atomic mass is 9.93. The monoisotopic (exact) mass is 357 g/mol. The zero-order chi connectivity index (χ0) is 17.8. The molecule has 6 heteroatoms. The van der Waals surface area contributed by atoms with E-state index >= 15 is 0 Å². The number of hydrogen-bond acceptors (Lipinski definition) is 5. The summed E-state index contributed by atoms with van der Waals surface area (Å²) in [5.41, 5.74) is 0. The second kappa shape index (κ2) is 8.23. The van der Waals surface area contributed by atoms with Crippen molar-refractivity contribution in [3.63, 3.8) is 0 Å². The average Bonchev–Trinajstić information content (AvgIpc) is 3.51. The van der Waals surface area contributed by atoms with E-state index < -0.39 is 0 Å². The van der Waals surface area contributed by atoms with Crippen molar-refractivity contribution in [2.75, 3.05) is 36.4 Å². The van der Waals surface area contributed by atoms with Crippen molar-refractivity contribution in [3.8, 4) is 0 Å². The fourth-order valence-corrected chi connectivity index (χ4v) is 4.17. The smallest absolute Gasteiger partial charge is 0.222 e. The molecule has 1 aromatic heterocycles. The van der Waals surface area contributed by atoms with E-state index in [9.17, 15) is 4.79 Å². The maximum atomic E-state index is 12.4. The SMILES string of the molecule is O=C(CCC1CCCN(c2cc(NC3CC3)ncn2)C1)N1CCCCC1. The number of piperidine rings is 2. The van der Waals surface area contributed by atoms with Crippen LogP contribution in [0.15, 0.2) is 12.4 Å². The minimum atomic E-state index is 0.361. The summed E-state index contributed by atoms with van der Waals surface area (Å²) in [6, 6.07) is 2.69. The highest BCUT2D eigenvalue weighted by Gasteiger charge is 2.25. The molecule has 26 heavy (non-hydrogen) atoms. The average molecular weight is 358 g/mol. The molecule has 2 aliphatic heterocycles. The molecule has 0 aromatic carbocycles. The van der Waals surface area contributed by atoms with Crippen molar-refractivity contribution in [3.05, 3.63) is 12.4 Å². The highest BCUT2D eigenvalue weighted by Crippen LogP contribution is 2.28. The van der Waals surface area contributed by atoms with Gasteiger partial charge < -0.3 is 15.1 Å². The van der Waals surface area contributed by atoms with Crippen LogP contribution in [-0.2, 0) is 4.79 Å². The van der Waals surface area contributed by atoms with E-state index in [-0.39, 0.29) is 0 Å². The Morgan fingerprint density at radius 3 is 2.73 bits per heavy atom. The maximum absolute atomic E-state index is 12.4. The molecule has 6 nitrogen and oxygen atoms in total. The number of likely N-dealkylation sites (tertiary alicyclic amines) is 1. The fraction of sp³-hybridized carbons (Fsp3) is 0.750. The topological polar surface area (TPSA) is 61.4 Å². The van der Waals surface area contributed by atoms with Crippen LogP contribution in [0.25, 0.3) is 0 Å².